The van der Waals surface area contributed by atoms with Crippen molar-refractivity contribution in [3.8, 4) is 0 Å². The molecule has 0 unspecified atom stereocenters. The molecule has 0 spiro atoms. The van der Waals surface area contributed by atoms with Crippen LogP contribution in [-0.2, 0) is 11.3 Å². The number of hydrogen-bond acceptors (Lipinski definition) is 4. The summed E-state index contributed by atoms with van der Waals surface area (Å²) in [6.45, 7) is 0.238. The first kappa shape index (κ1) is 10.6. The SMILES string of the molecule is NC(=O)CCn1cc(Br)c([N+](=O)[O-])n1. The van der Waals surface area contributed by atoms with Crippen molar-refractivity contribution in [3.63, 3.8) is 0 Å². The van der Waals surface area contributed by atoms with Crippen molar-refractivity contribution in [3.05, 3.63) is 20.8 Å². The number of halogens is 1. The molecule has 0 bridgehead atoms. The number of amides is 1. The molecule has 1 amide bonds. The third-order valence-electron chi connectivity index (χ3n) is 1.46. The molecule has 2 N–H and O–H groups in total. The summed E-state index contributed by atoms with van der Waals surface area (Å²) in [5.41, 5.74) is 4.92. The van der Waals surface area contributed by atoms with E-state index in [0.717, 1.165) is 0 Å². The van der Waals surface area contributed by atoms with Gasteiger partial charge in [0.15, 0.2) is 0 Å². The standard InChI is InChI=1S/C6H7BrN4O3/c7-4-3-10(2-1-5(8)12)9-6(4)11(13)14/h3H,1-2H2,(H2,8,12). The van der Waals surface area contributed by atoms with E-state index in [1.165, 1.54) is 10.9 Å². The van der Waals surface area contributed by atoms with Gasteiger partial charge in [-0.3, -0.25) is 4.79 Å². The average Bonchev–Trinajstić information content (AvgIpc) is 2.43. The van der Waals surface area contributed by atoms with Crippen LogP contribution in [-0.4, -0.2) is 20.6 Å². The summed E-state index contributed by atoms with van der Waals surface area (Å²) in [5, 5.41) is 14.0. The molecule has 0 aliphatic heterocycles. The molecule has 0 aromatic carbocycles. The van der Waals surface area contributed by atoms with Crippen LogP contribution in [0, 0.1) is 10.1 Å². The third kappa shape index (κ3) is 2.52. The number of aromatic nitrogens is 2. The lowest BCUT2D eigenvalue weighted by Crippen LogP contribution is -2.14. The van der Waals surface area contributed by atoms with Crippen molar-refractivity contribution in [2.24, 2.45) is 5.73 Å². The zero-order valence-electron chi connectivity index (χ0n) is 7.01. The van der Waals surface area contributed by atoms with Crippen LogP contribution in [0.15, 0.2) is 10.7 Å². The van der Waals surface area contributed by atoms with Gasteiger partial charge in [0.25, 0.3) is 0 Å². The van der Waals surface area contributed by atoms with Crippen LogP contribution in [0.25, 0.3) is 0 Å². The molecule has 0 saturated heterocycles. The molecule has 1 heterocycles. The molecule has 0 atom stereocenters. The van der Waals surface area contributed by atoms with E-state index in [0.29, 0.717) is 0 Å². The van der Waals surface area contributed by atoms with Gasteiger partial charge < -0.3 is 15.8 Å². The first-order chi connectivity index (χ1) is 6.50. The number of aryl methyl sites for hydroxylation is 1. The first-order valence-electron chi connectivity index (χ1n) is 3.66. The van der Waals surface area contributed by atoms with Crippen LogP contribution in [0.3, 0.4) is 0 Å². The Hall–Kier alpha value is -1.44. The topological polar surface area (TPSA) is 104 Å². The Morgan fingerprint density at radius 2 is 2.43 bits per heavy atom. The smallest absolute Gasteiger partial charge is 0.370 e. The Bertz CT molecular complexity index is 375. The maximum Gasteiger partial charge on any atom is 0.404 e. The average molecular weight is 263 g/mol. The minimum atomic E-state index is -0.606. The van der Waals surface area contributed by atoms with Crippen molar-refractivity contribution >= 4 is 27.7 Å². The predicted molar refractivity (Wildman–Crippen MR) is 50.4 cm³/mol. The van der Waals surface area contributed by atoms with Gasteiger partial charge >= 0.3 is 5.82 Å². The van der Waals surface area contributed by atoms with E-state index in [-0.39, 0.29) is 23.3 Å². The molecule has 1 aromatic rings. The van der Waals surface area contributed by atoms with Gasteiger partial charge in [0.05, 0.1) is 17.8 Å². The van der Waals surface area contributed by atoms with Crippen LogP contribution >= 0.6 is 15.9 Å². The highest BCUT2D eigenvalue weighted by molar-refractivity contribution is 9.10. The van der Waals surface area contributed by atoms with Crippen LogP contribution in [0.2, 0.25) is 0 Å². The Morgan fingerprint density at radius 1 is 1.79 bits per heavy atom. The van der Waals surface area contributed by atoms with Crippen LogP contribution in [0.5, 0.6) is 0 Å². The van der Waals surface area contributed by atoms with Gasteiger partial charge in [-0.05, 0) is 20.9 Å². The number of hydrogen-bond donors (Lipinski definition) is 1. The fraction of sp³-hybridized carbons (Fsp3) is 0.333. The van der Waals surface area contributed by atoms with E-state index in [4.69, 9.17) is 5.73 Å². The predicted octanol–water partition coefficient (Wildman–Crippen LogP) is 0.429. The van der Waals surface area contributed by atoms with Gasteiger partial charge in [0, 0.05) is 6.42 Å². The normalized spacial score (nSPS) is 10.1. The van der Waals surface area contributed by atoms with E-state index >= 15 is 0 Å². The number of carbonyl (C=O) groups is 1. The van der Waals surface area contributed by atoms with Crippen LogP contribution in [0.1, 0.15) is 6.42 Å². The molecule has 8 heteroatoms. The summed E-state index contributed by atoms with van der Waals surface area (Å²) in [7, 11) is 0. The molecule has 0 aliphatic carbocycles. The Morgan fingerprint density at radius 3 is 2.86 bits per heavy atom. The molecule has 0 fully saturated rings. The van der Waals surface area contributed by atoms with Crippen LogP contribution in [0.4, 0.5) is 5.82 Å². The van der Waals surface area contributed by atoms with E-state index in [9.17, 15) is 14.9 Å². The summed E-state index contributed by atoms with van der Waals surface area (Å²) in [4.78, 5) is 20.2. The molecule has 1 aromatic heterocycles. The van der Waals surface area contributed by atoms with Gasteiger partial charge in [-0.25, -0.2) is 0 Å². The van der Waals surface area contributed by atoms with Gasteiger partial charge in [-0.2, -0.15) is 4.68 Å². The number of rotatable bonds is 4. The summed E-state index contributed by atoms with van der Waals surface area (Å²) in [6, 6.07) is 0. The van der Waals surface area contributed by atoms with Crippen molar-refractivity contribution in [2.45, 2.75) is 13.0 Å². The van der Waals surface area contributed by atoms with Gasteiger partial charge in [0.1, 0.15) is 4.47 Å². The van der Waals surface area contributed by atoms with E-state index in [1.54, 1.807) is 0 Å². The van der Waals surface area contributed by atoms with E-state index < -0.39 is 10.8 Å². The zero-order valence-corrected chi connectivity index (χ0v) is 8.60. The Labute approximate surface area is 87.2 Å². The molecule has 14 heavy (non-hydrogen) atoms. The second-order valence-corrected chi connectivity index (χ2v) is 3.39. The lowest BCUT2D eigenvalue weighted by atomic mass is 10.4. The van der Waals surface area contributed by atoms with Crippen molar-refractivity contribution in [1.29, 1.82) is 0 Å². The summed E-state index contributed by atoms with van der Waals surface area (Å²) in [6.07, 6.45) is 1.53. The lowest BCUT2D eigenvalue weighted by molar-refractivity contribution is -0.390. The third-order valence-corrected chi connectivity index (χ3v) is 2.02. The maximum absolute atomic E-state index is 10.4. The van der Waals surface area contributed by atoms with Crippen molar-refractivity contribution < 1.29 is 9.72 Å². The van der Waals surface area contributed by atoms with Crippen LogP contribution < -0.4 is 5.73 Å². The highest BCUT2D eigenvalue weighted by atomic mass is 79.9. The lowest BCUT2D eigenvalue weighted by Gasteiger charge is -1.91. The molecule has 0 radical (unpaired) electrons. The minimum Gasteiger partial charge on any atom is -0.370 e. The quantitative estimate of drug-likeness (QED) is 0.628. The second kappa shape index (κ2) is 4.18. The fourth-order valence-electron chi connectivity index (χ4n) is 0.850. The highest BCUT2D eigenvalue weighted by Gasteiger charge is 2.18. The molecule has 1 rings (SSSR count). The monoisotopic (exact) mass is 262 g/mol. The molecule has 0 saturated carbocycles. The van der Waals surface area contributed by atoms with E-state index in [1.807, 2.05) is 0 Å². The summed E-state index contributed by atoms with van der Waals surface area (Å²) in [5.74, 6) is -0.742. The molecular formula is C6H7BrN4O3. The second-order valence-electron chi connectivity index (χ2n) is 2.54. The Kier molecular flexibility index (Phi) is 3.18. The van der Waals surface area contributed by atoms with Gasteiger partial charge in [-0.1, -0.05) is 0 Å². The number of nitro groups is 1. The number of primary amides is 1. The molecule has 0 aliphatic rings. The largest absolute Gasteiger partial charge is 0.404 e. The van der Waals surface area contributed by atoms with Crippen molar-refractivity contribution in [2.75, 3.05) is 0 Å². The maximum atomic E-state index is 10.4. The summed E-state index contributed by atoms with van der Waals surface area (Å²) < 4.78 is 1.58. The zero-order chi connectivity index (χ0) is 10.7. The van der Waals surface area contributed by atoms with Gasteiger partial charge in [0.2, 0.25) is 5.91 Å². The van der Waals surface area contributed by atoms with Gasteiger partial charge in [-0.15, -0.1) is 0 Å². The highest BCUT2D eigenvalue weighted by Crippen LogP contribution is 2.21. The molecule has 76 valence electrons. The summed E-state index contributed by atoms with van der Waals surface area (Å²) >= 11 is 2.98. The molecular weight excluding hydrogens is 256 g/mol. The number of nitrogens with zero attached hydrogens (tertiary/aromatic N) is 3. The number of carbonyl (C=O) groups excluding carboxylic acids is 1. The first-order valence-corrected chi connectivity index (χ1v) is 4.45. The van der Waals surface area contributed by atoms with Crippen molar-refractivity contribution in [1.82, 2.24) is 9.78 Å². The molecule has 7 nitrogen and oxygen atoms in total. The minimum absolute atomic E-state index is 0.102. The Balaban J connectivity index is 2.76. The number of nitrogens with two attached hydrogens (primary N) is 1. The fourth-order valence-corrected chi connectivity index (χ4v) is 1.31. The van der Waals surface area contributed by atoms with E-state index in [2.05, 4.69) is 21.0 Å².